The lowest BCUT2D eigenvalue weighted by Gasteiger charge is -2.38. The van der Waals surface area contributed by atoms with Crippen LogP contribution in [-0.4, -0.2) is 21.3 Å². The number of carboxylic acids is 1. The van der Waals surface area contributed by atoms with Crippen LogP contribution in [0.4, 0.5) is 0 Å². The quantitative estimate of drug-likeness (QED) is 0.643. The summed E-state index contributed by atoms with van der Waals surface area (Å²) < 4.78 is 0. The molecule has 3 N–H and O–H groups in total. The molecule has 0 amide bonds. The van der Waals surface area contributed by atoms with Crippen LogP contribution >= 0.6 is 0 Å². The van der Waals surface area contributed by atoms with Gasteiger partial charge in [-0.3, -0.25) is 4.79 Å². The third-order valence-corrected chi connectivity index (χ3v) is 5.21. The summed E-state index contributed by atoms with van der Waals surface area (Å²) in [5, 5.41) is 28.2. The maximum absolute atomic E-state index is 10.9. The largest absolute Gasteiger partial charge is 0.508 e. The van der Waals surface area contributed by atoms with E-state index in [-0.39, 0.29) is 29.3 Å². The topological polar surface area (TPSA) is 77.8 Å². The summed E-state index contributed by atoms with van der Waals surface area (Å²) in [5.41, 5.74) is 1.99. The third kappa shape index (κ3) is 4.53. The van der Waals surface area contributed by atoms with Crippen molar-refractivity contribution < 1.29 is 20.1 Å². The molecular weight excluding hydrogens is 316 g/mol. The van der Waals surface area contributed by atoms with Gasteiger partial charge in [-0.1, -0.05) is 38.1 Å². The first kappa shape index (κ1) is 18.8. The molecule has 2 aromatic rings. The van der Waals surface area contributed by atoms with Gasteiger partial charge in [0, 0.05) is 6.42 Å². The number of rotatable bonds is 8. The Labute approximate surface area is 148 Å². The zero-order chi connectivity index (χ0) is 18.4. The molecule has 0 aliphatic rings. The van der Waals surface area contributed by atoms with Crippen LogP contribution in [0.25, 0.3) is 0 Å². The molecule has 0 aromatic heterocycles. The molecule has 134 valence electrons. The fraction of sp³-hybridized carbons (Fsp3) is 0.381. The summed E-state index contributed by atoms with van der Waals surface area (Å²) >= 11 is 0. The van der Waals surface area contributed by atoms with Gasteiger partial charge in [-0.05, 0) is 66.0 Å². The first-order valence-corrected chi connectivity index (χ1v) is 8.67. The molecule has 4 nitrogen and oxygen atoms in total. The average Bonchev–Trinajstić information content (AvgIpc) is 2.59. The van der Waals surface area contributed by atoms with Gasteiger partial charge in [0.2, 0.25) is 0 Å². The average molecular weight is 342 g/mol. The van der Waals surface area contributed by atoms with Gasteiger partial charge in [-0.25, -0.2) is 0 Å². The van der Waals surface area contributed by atoms with E-state index in [0.29, 0.717) is 6.42 Å². The summed E-state index contributed by atoms with van der Waals surface area (Å²) in [6, 6.07) is 14.4. The molecule has 0 bridgehead atoms. The van der Waals surface area contributed by atoms with E-state index in [1.807, 2.05) is 24.3 Å². The minimum Gasteiger partial charge on any atom is -0.508 e. The summed E-state index contributed by atoms with van der Waals surface area (Å²) in [6.07, 6.45) is 2.34. The van der Waals surface area contributed by atoms with E-state index in [9.17, 15) is 15.0 Å². The van der Waals surface area contributed by atoms with Crippen LogP contribution in [-0.2, 0) is 10.2 Å². The van der Waals surface area contributed by atoms with Crippen molar-refractivity contribution in [1.29, 1.82) is 0 Å². The molecule has 2 rings (SSSR count). The highest BCUT2D eigenvalue weighted by molar-refractivity contribution is 5.66. The molecular formula is C21H26O4. The Morgan fingerprint density at radius 2 is 1.52 bits per heavy atom. The van der Waals surface area contributed by atoms with Crippen molar-refractivity contribution in [2.45, 2.75) is 50.9 Å². The lowest BCUT2D eigenvalue weighted by atomic mass is 9.65. The van der Waals surface area contributed by atoms with Crippen LogP contribution in [0.15, 0.2) is 48.5 Å². The molecule has 0 aliphatic carbocycles. The van der Waals surface area contributed by atoms with Crippen molar-refractivity contribution in [2.24, 2.45) is 0 Å². The number of carboxylic acid groups (broad SMARTS) is 1. The predicted molar refractivity (Wildman–Crippen MR) is 98.1 cm³/mol. The van der Waals surface area contributed by atoms with E-state index in [1.54, 1.807) is 24.3 Å². The molecule has 25 heavy (non-hydrogen) atoms. The molecule has 4 heteroatoms. The first-order chi connectivity index (χ1) is 11.9. The highest BCUT2D eigenvalue weighted by atomic mass is 16.4. The number of hydrogen-bond donors (Lipinski definition) is 3. The van der Waals surface area contributed by atoms with Gasteiger partial charge in [-0.2, -0.15) is 0 Å². The molecule has 0 spiro atoms. The Bertz CT molecular complexity index is 691. The number of aromatic hydroxyl groups is 2. The SMILES string of the molecule is CC[C@@](C)(c1ccc(O)cc1)[C@H](CCCC(=O)O)c1ccc(O)cc1. The predicted octanol–water partition coefficient (Wildman–Crippen LogP) is 4.80. The smallest absolute Gasteiger partial charge is 0.303 e. The van der Waals surface area contributed by atoms with Crippen molar-refractivity contribution in [3.8, 4) is 11.5 Å². The van der Waals surface area contributed by atoms with Gasteiger partial charge in [0.15, 0.2) is 0 Å². The Kier molecular flexibility index (Phi) is 6.07. The van der Waals surface area contributed by atoms with Crippen molar-refractivity contribution in [3.05, 3.63) is 59.7 Å². The standard InChI is InChI=1S/C21H26O4/c1-3-21(2,16-9-13-18(23)14-10-16)19(5-4-6-20(24)25)15-7-11-17(22)12-8-15/h7-14,19,22-23H,3-6H2,1-2H3,(H,24,25)/t19-,21+/m1/s1. The Balaban J connectivity index is 2.40. The second kappa shape index (κ2) is 8.06. The summed E-state index contributed by atoms with van der Waals surface area (Å²) in [7, 11) is 0. The number of phenolic OH excluding ortho intramolecular Hbond substituents is 2. The van der Waals surface area contributed by atoms with Crippen molar-refractivity contribution in [1.82, 2.24) is 0 Å². The van der Waals surface area contributed by atoms with Crippen LogP contribution < -0.4 is 0 Å². The third-order valence-electron chi connectivity index (χ3n) is 5.21. The van der Waals surface area contributed by atoms with E-state index in [0.717, 1.165) is 24.0 Å². The second-order valence-corrected chi connectivity index (χ2v) is 6.75. The number of benzene rings is 2. The Morgan fingerprint density at radius 1 is 1.00 bits per heavy atom. The zero-order valence-corrected chi connectivity index (χ0v) is 14.8. The monoisotopic (exact) mass is 342 g/mol. The summed E-state index contributed by atoms with van der Waals surface area (Å²) in [4.78, 5) is 10.9. The zero-order valence-electron chi connectivity index (χ0n) is 14.8. The van der Waals surface area contributed by atoms with E-state index in [2.05, 4.69) is 13.8 Å². The molecule has 2 aromatic carbocycles. The molecule has 0 fully saturated rings. The molecule has 0 aliphatic heterocycles. The first-order valence-electron chi connectivity index (χ1n) is 8.67. The van der Waals surface area contributed by atoms with E-state index in [1.165, 1.54) is 0 Å². The van der Waals surface area contributed by atoms with E-state index in [4.69, 9.17) is 5.11 Å². The molecule has 0 unspecified atom stereocenters. The van der Waals surface area contributed by atoms with Crippen molar-refractivity contribution >= 4 is 5.97 Å². The van der Waals surface area contributed by atoms with Gasteiger partial charge in [0.05, 0.1) is 0 Å². The van der Waals surface area contributed by atoms with Crippen LogP contribution in [0, 0.1) is 0 Å². The Hall–Kier alpha value is -2.49. The molecule has 0 radical (unpaired) electrons. The van der Waals surface area contributed by atoms with Crippen molar-refractivity contribution in [3.63, 3.8) is 0 Å². The lowest BCUT2D eigenvalue weighted by molar-refractivity contribution is -0.137. The molecule has 0 heterocycles. The summed E-state index contributed by atoms with van der Waals surface area (Å²) in [5.74, 6) is -0.223. The molecule has 0 saturated carbocycles. The Morgan fingerprint density at radius 3 is 2.00 bits per heavy atom. The fourth-order valence-electron chi connectivity index (χ4n) is 3.51. The molecule has 2 atom stereocenters. The van der Waals surface area contributed by atoms with Crippen LogP contribution in [0.2, 0.25) is 0 Å². The highest BCUT2D eigenvalue weighted by Gasteiger charge is 2.35. The number of phenols is 2. The summed E-state index contributed by atoms with van der Waals surface area (Å²) in [6.45, 7) is 4.30. The minimum absolute atomic E-state index is 0.113. The number of hydrogen-bond acceptors (Lipinski definition) is 3. The fourth-order valence-corrected chi connectivity index (χ4v) is 3.51. The van der Waals surface area contributed by atoms with Gasteiger partial charge in [0.25, 0.3) is 0 Å². The van der Waals surface area contributed by atoms with Gasteiger partial charge >= 0.3 is 5.97 Å². The highest BCUT2D eigenvalue weighted by Crippen LogP contribution is 2.45. The molecule has 0 saturated heterocycles. The van der Waals surface area contributed by atoms with E-state index < -0.39 is 5.97 Å². The van der Waals surface area contributed by atoms with Crippen LogP contribution in [0.5, 0.6) is 11.5 Å². The van der Waals surface area contributed by atoms with Crippen LogP contribution in [0.1, 0.15) is 56.6 Å². The van der Waals surface area contributed by atoms with Gasteiger partial charge < -0.3 is 15.3 Å². The van der Waals surface area contributed by atoms with E-state index >= 15 is 0 Å². The second-order valence-electron chi connectivity index (χ2n) is 6.75. The number of carbonyl (C=O) groups is 1. The minimum atomic E-state index is -0.785. The number of aliphatic carboxylic acids is 1. The van der Waals surface area contributed by atoms with Crippen molar-refractivity contribution in [2.75, 3.05) is 0 Å². The maximum atomic E-state index is 10.9. The lowest BCUT2D eigenvalue weighted by Crippen LogP contribution is -2.30. The van der Waals surface area contributed by atoms with Gasteiger partial charge in [0.1, 0.15) is 11.5 Å². The van der Waals surface area contributed by atoms with Crippen LogP contribution in [0.3, 0.4) is 0 Å². The maximum Gasteiger partial charge on any atom is 0.303 e. The normalized spacial score (nSPS) is 14.6. The van der Waals surface area contributed by atoms with Gasteiger partial charge in [-0.15, -0.1) is 0 Å².